The third kappa shape index (κ3) is 3.51. The molecule has 0 aromatic carbocycles. The maximum absolute atomic E-state index is 4.90. The number of rotatable bonds is 5. The quantitative estimate of drug-likeness (QED) is 0.890. The van der Waals surface area contributed by atoms with E-state index in [0.717, 1.165) is 12.6 Å². The van der Waals surface area contributed by atoms with Gasteiger partial charge in [0.25, 0.3) is 0 Å². The Kier molecular flexibility index (Phi) is 4.25. The maximum Gasteiger partial charge on any atom is 0.129 e. The molecule has 110 valence electrons. The molecule has 2 fully saturated rings. The lowest BCUT2D eigenvalue weighted by Crippen LogP contribution is -2.30. The monoisotopic (exact) mass is 273 g/mol. The summed E-state index contributed by atoms with van der Waals surface area (Å²) in [7, 11) is 0. The summed E-state index contributed by atoms with van der Waals surface area (Å²) in [6, 6.07) is 5.35. The van der Waals surface area contributed by atoms with Gasteiger partial charge in [0.05, 0.1) is 0 Å². The van der Waals surface area contributed by atoms with Crippen molar-refractivity contribution in [3.8, 4) is 0 Å². The fraction of sp³-hybridized carbons (Fsp3) is 0.706. The lowest BCUT2D eigenvalue weighted by Gasteiger charge is -2.29. The van der Waals surface area contributed by atoms with E-state index in [2.05, 4.69) is 36.2 Å². The van der Waals surface area contributed by atoms with E-state index in [1.165, 1.54) is 62.3 Å². The largest absolute Gasteiger partial charge is 0.357 e. The van der Waals surface area contributed by atoms with Crippen LogP contribution in [0.4, 0.5) is 5.82 Å². The van der Waals surface area contributed by atoms with Gasteiger partial charge >= 0.3 is 0 Å². The summed E-state index contributed by atoms with van der Waals surface area (Å²) in [4.78, 5) is 7.37. The summed E-state index contributed by atoms with van der Waals surface area (Å²) >= 11 is 0. The second-order valence-corrected chi connectivity index (χ2v) is 6.62. The summed E-state index contributed by atoms with van der Waals surface area (Å²) < 4.78 is 0. The van der Waals surface area contributed by atoms with Crippen molar-refractivity contribution in [3.05, 3.63) is 23.4 Å². The Morgan fingerprint density at radius 3 is 2.60 bits per heavy atom. The van der Waals surface area contributed by atoms with Crippen molar-refractivity contribution in [2.45, 2.75) is 64.5 Å². The zero-order chi connectivity index (χ0) is 13.9. The molecule has 1 aliphatic heterocycles. The van der Waals surface area contributed by atoms with Crippen LogP contribution in [0.25, 0.3) is 0 Å². The SMILES string of the molecule is CC(C)c1cc(CNC2CC2)cc(N2CCCCC2)n1. The Morgan fingerprint density at radius 1 is 1.20 bits per heavy atom. The summed E-state index contributed by atoms with van der Waals surface area (Å²) in [6.45, 7) is 7.81. The van der Waals surface area contributed by atoms with Gasteiger partial charge in [-0.05, 0) is 55.7 Å². The number of pyridine rings is 1. The number of nitrogens with zero attached hydrogens (tertiary/aromatic N) is 2. The van der Waals surface area contributed by atoms with E-state index in [-0.39, 0.29) is 0 Å². The smallest absolute Gasteiger partial charge is 0.129 e. The van der Waals surface area contributed by atoms with Crippen LogP contribution in [-0.4, -0.2) is 24.1 Å². The Morgan fingerprint density at radius 2 is 1.95 bits per heavy atom. The van der Waals surface area contributed by atoms with E-state index in [1.54, 1.807) is 0 Å². The molecule has 0 unspecified atom stereocenters. The van der Waals surface area contributed by atoms with Crippen LogP contribution in [0.15, 0.2) is 12.1 Å². The number of piperidine rings is 1. The number of hydrogen-bond acceptors (Lipinski definition) is 3. The molecule has 0 atom stereocenters. The normalized spacial score (nSPS) is 19.6. The Hall–Kier alpha value is -1.09. The van der Waals surface area contributed by atoms with Gasteiger partial charge in [0.1, 0.15) is 5.82 Å². The van der Waals surface area contributed by atoms with Gasteiger partial charge in [-0.3, -0.25) is 0 Å². The van der Waals surface area contributed by atoms with E-state index < -0.39 is 0 Å². The van der Waals surface area contributed by atoms with Crippen LogP contribution in [0.5, 0.6) is 0 Å². The number of aromatic nitrogens is 1. The summed E-state index contributed by atoms with van der Waals surface area (Å²) in [5.41, 5.74) is 2.64. The van der Waals surface area contributed by atoms with Gasteiger partial charge in [-0.1, -0.05) is 13.8 Å². The third-order valence-electron chi connectivity index (χ3n) is 4.34. The summed E-state index contributed by atoms with van der Waals surface area (Å²) in [5, 5.41) is 3.62. The van der Waals surface area contributed by atoms with Gasteiger partial charge in [-0.2, -0.15) is 0 Å². The Balaban J connectivity index is 1.78. The summed E-state index contributed by atoms with van der Waals surface area (Å²) in [6.07, 6.45) is 6.69. The minimum absolute atomic E-state index is 0.499. The molecule has 1 saturated heterocycles. The van der Waals surface area contributed by atoms with Crippen LogP contribution in [0.1, 0.15) is 63.1 Å². The fourth-order valence-electron chi connectivity index (χ4n) is 2.83. The first kappa shape index (κ1) is 13.9. The molecule has 0 amide bonds. The highest BCUT2D eigenvalue weighted by Crippen LogP contribution is 2.24. The minimum atomic E-state index is 0.499. The molecule has 3 rings (SSSR count). The first-order chi connectivity index (χ1) is 9.72. The van der Waals surface area contributed by atoms with Gasteiger partial charge in [0.2, 0.25) is 0 Å². The number of anilines is 1. The molecule has 0 radical (unpaired) electrons. The van der Waals surface area contributed by atoms with Crippen LogP contribution in [0.2, 0.25) is 0 Å². The molecule has 1 saturated carbocycles. The number of hydrogen-bond donors (Lipinski definition) is 1. The van der Waals surface area contributed by atoms with E-state index in [9.17, 15) is 0 Å². The average molecular weight is 273 g/mol. The van der Waals surface area contributed by atoms with Crippen molar-refractivity contribution >= 4 is 5.82 Å². The van der Waals surface area contributed by atoms with Crippen molar-refractivity contribution in [1.82, 2.24) is 10.3 Å². The van der Waals surface area contributed by atoms with Crippen LogP contribution in [-0.2, 0) is 6.54 Å². The van der Waals surface area contributed by atoms with Gasteiger partial charge < -0.3 is 10.2 Å². The molecule has 3 nitrogen and oxygen atoms in total. The van der Waals surface area contributed by atoms with Crippen LogP contribution >= 0.6 is 0 Å². The maximum atomic E-state index is 4.90. The highest BCUT2D eigenvalue weighted by atomic mass is 15.2. The van der Waals surface area contributed by atoms with Crippen LogP contribution < -0.4 is 10.2 Å². The third-order valence-corrected chi connectivity index (χ3v) is 4.34. The van der Waals surface area contributed by atoms with Crippen LogP contribution in [0, 0.1) is 0 Å². The molecule has 1 aromatic rings. The average Bonchev–Trinajstić information content (AvgIpc) is 3.30. The van der Waals surface area contributed by atoms with Crippen molar-refractivity contribution in [2.75, 3.05) is 18.0 Å². The van der Waals surface area contributed by atoms with Crippen LogP contribution in [0.3, 0.4) is 0 Å². The Bertz CT molecular complexity index is 446. The zero-order valence-corrected chi connectivity index (χ0v) is 12.9. The lowest BCUT2D eigenvalue weighted by atomic mass is 10.1. The van der Waals surface area contributed by atoms with Crippen molar-refractivity contribution in [1.29, 1.82) is 0 Å². The molecule has 3 heteroatoms. The van der Waals surface area contributed by atoms with Gasteiger partial charge in [0, 0.05) is 31.4 Å². The molecular formula is C17H27N3. The second kappa shape index (κ2) is 6.13. The molecular weight excluding hydrogens is 246 g/mol. The fourth-order valence-corrected chi connectivity index (χ4v) is 2.83. The lowest BCUT2D eigenvalue weighted by molar-refractivity contribution is 0.571. The standard InChI is InChI=1S/C17H27N3/c1-13(2)16-10-14(12-18-15-6-7-15)11-17(19-16)20-8-4-3-5-9-20/h10-11,13,15,18H,3-9,12H2,1-2H3. The molecule has 20 heavy (non-hydrogen) atoms. The molecule has 1 aliphatic carbocycles. The minimum Gasteiger partial charge on any atom is -0.357 e. The van der Waals surface area contributed by atoms with Crippen molar-refractivity contribution in [3.63, 3.8) is 0 Å². The van der Waals surface area contributed by atoms with E-state index in [4.69, 9.17) is 4.98 Å². The first-order valence-electron chi connectivity index (χ1n) is 8.21. The first-order valence-corrected chi connectivity index (χ1v) is 8.21. The predicted molar refractivity (Wildman–Crippen MR) is 84.3 cm³/mol. The molecule has 2 heterocycles. The molecule has 1 aromatic heterocycles. The zero-order valence-electron chi connectivity index (χ0n) is 12.9. The van der Waals surface area contributed by atoms with Gasteiger partial charge in [-0.25, -0.2) is 4.98 Å². The van der Waals surface area contributed by atoms with E-state index >= 15 is 0 Å². The van der Waals surface area contributed by atoms with Gasteiger partial charge in [0.15, 0.2) is 0 Å². The van der Waals surface area contributed by atoms with Crippen molar-refractivity contribution < 1.29 is 0 Å². The summed E-state index contributed by atoms with van der Waals surface area (Å²) in [5.74, 6) is 1.70. The molecule has 0 bridgehead atoms. The molecule has 1 N–H and O–H groups in total. The predicted octanol–water partition coefficient (Wildman–Crippen LogP) is 3.45. The van der Waals surface area contributed by atoms with E-state index in [0.29, 0.717) is 5.92 Å². The highest BCUT2D eigenvalue weighted by Gasteiger charge is 2.21. The topological polar surface area (TPSA) is 28.2 Å². The Labute approximate surface area is 122 Å². The van der Waals surface area contributed by atoms with Crippen molar-refractivity contribution in [2.24, 2.45) is 0 Å². The van der Waals surface area contributed by atoms with E-state index in [1.807, 2.05) is 0 Å². The molecule has 0 spiro atoms. The molecule has 2 aliphatic rings. The second-order valence-electron chi connectivity index (χ2n) is 6.62. The highest BCUT2D eigenvalue weighted by molar-refractivity contribution is 5.43. The number of nitrogens with one attached hydrogen (secondary N) is 1. The van der Waals surface area contributed by atoms with Gasteiger partial charge in [-0.15, -0.1) is 0 Å².